The molecule has 2 N–H and O–H groups in total. The summed E-state index contributed by atoms with van der Waals surface area (Å²) in [4.78, 5) is 0. The van der Waals surface area contributed by atoms with Crippen LogP contribution in [0.4, 0.5) is 5.82 Å². The smallest absolute Gasteiger partial charge is 0.129 e. The Bertz CT molecular complexity index is 583. The van der Waals surface area contributed by atoms with Crippen LogP contribution in [-0.4, -0.2) is 16.4 Å². The Morgan fingerprint density at radius 1 is 1.14 bits per heavy atom. The van der Waals surface area contributed by atoms with Crippen molar-refractivity contribution in [3.05, 3.63) is 30.0 Å². The second-order valence-corrected chi connectivity index (χ2v) is 5.24. The topological polar surface area (TPSA) is 53.1 Å². The molecule has 0 radical (unpaired) electrons. The predicted molar refractivity (Wildman–Crippen MR) is 87.5 cm³/mol. The van der Waals surface area contributed by atoms with Gasteiger partial charge in [-0.15, -0.1) is 0 Å². The van der Waals surface area contributed by atoms with Crippen LogP contribution < -0.4 is 10.5 Å². The number of benzene rings is 1. The second-order valence-electron chi connectivity index (χ2n) is 5.24. The van der Waals surface area contributed by atoms with Gasteiger partial charge in [-0.2, -0.15) is 5.10 Å². The van der Waals surface area contributed by atoms with Crippen LogP contribution in [0.25, 0.3) is 11.1 Å². The lowest BCUT2D eigenvalue weighted by Gasteiger charge is -2.12. The third-order valence-corrected chi connectivity index (χ3v) is 3.94. The molecule has 2 rings (SSSR count). The van der Waals surface area contributed by atoms with Crippen molar-refractivity contribution >= 4 is 5.82 Å². The maximum Gasteiger partial charge on any atom is 0.129 e. The highest BCUT2D eigenvalue weighted by molar-refractivity contribution is 5.77. The number of rotatable bonds is 6. The van der Waals surface area contributed by atoms with E-state index in [0.717, 1.165) is 41.2 Å². The quantitative estimate of drug-likeness (QED) is 0.874. The molecule has 0 aliphatic carbocycles. The van der Waals surface area contributed by atoms with Crippen molar-refractivity contribution in [2.45, 2.75) is 39.5 Å². The summed E-state index contributed by atoms with van der Waals surface area (Å²) in [5.41, 5.74) is 9.52. The Balaban J connectivity index is 2.46. The normalized spacial score (nSPS) is 11.1. The van der Waals surface area contributed by atoms with E-state index in [9.17, 15) is 0 Å². The molecule has 0 unspecified atom stereocenters. The summed E-state index contributed by atoms with van der Waals surface area (Å²) in [6, 6.07) is 8.10. The van der Waals surface area contributed by atoms with E-state index < -0.39 is 0 Å². The van der Waals surface area contributed by atoms with Crippen molar-refractivity contribution in [3.63, 3.8) is 0 Å². The van der Waals surface area contributed by atoms with Crippen LogP contribution in [0.1, 0.15) is 45.2 Å². The first kappa shape index (κ1) is 15.4. The highest BCUT2D eigenvalue weighted by Gasteiger charge is 2.21. The van der Waals surface area contributed by atoms with Gasteiger partial charge in [-0.3, -0.25) is 4.68 Å². The zero-order valence-electron chi connectivity index (χ0n) is 13.4. The molecule has 0 bridgehead atoms. The zero-order valence-corrected chi connectivity index (χ0v) is 13.4. The van der Waals surface area contributed by atoms with Gasteiger partial charge >= 0.3 is 0 Å². The van der Waals surface area contributed by atoms with Crippen molar-refractivity contribution in [2.75, 3.05) is 12.3 Å². The van der Waals surface area contributed by atoms with E-state index in [4.69, 9.17) is 10.5 Å². The number of nitrogens with zero attached hydrogens (tertiary/aromatic N) is 2. The van der Waals surface area contributed by atoms with Crippen LogP contribution in [0.15, 0.2) is 24.3 Å². The molecule has 4 heteroatoms. The van der Waals surface area contributed by atoms with Gasteiger partial charge in [-0.1, -0.05) is 26.0 Å². The van der Waals surface area contributed by atoms with Gasteiger partial charge in [0.15, 0.2) is 0 Å². The third kappa shape index (κ3) is 3.04. The van der Waals surface area contributed by atoms with E-state index in [1.807, 2.05) is 26.1 Å². The number of anilines is 1. The molecule has 21 heavy (non-hydrogen) atoms. The van der Waals surface area contributed by atoms with Crippen molar-refractivity contribution in [3.8, 4) is 16.9 Å². The maximum atomic E-state index is 6.25. The minimum Gasteiger partial charge on any atom is -0.494 e. The van der Waals surface area contributed by atoms with Crippen molar-refractivity contribution in [2.24, 2.45) is 7.05 Å². The standard InChI is InChI=1S/C17H25N3O/c1-5-12(6-2)16-15(17(18)20(4)19-16)13-8-10-14(11-9-13)21-7-3/h8-12H,5-7,18H2,1-4H3. The molecule has 0 saturated heterocycles. The first-order chi connectivity index (χ1) is 10.1. The summed E-state index contributed by atoms with van der Waals surface area (Å²) in [7, 11) is 1.90. The van der Waals surface area contributed by atoms with Crippen molar-refractivity contribution in [1.82, 2.24) is 9.78 Å². The molecule has 0 fully saturated rings. The molecule has 0 saturated carbocycles. The van der Waals surface area contributed by atoms with Crippen LogP contribution in [0, 0.1) is 0 Å². The average Bonchev–Trinajstić information content (AvgIpc) is 2.78. The summed E-state index contributed by atoms with van der Waals surface area (Å²) in [5, 5.41) is 4.65. The monoisotopic (exact) mass is 287 g/mol. The van der Waals surface area contributed by atoms with Gasteiger partial charge in [0.05, 0.1) is 12.3 Å². The highest BCUT2D eigenvalue weighted by atomic mass is 16.5. The summed E-state index contributed by atoms with van der Waals surface area (Å²) in [5.74, 6) is 2.05. The molecule has 1 aromatic carbocycles. The van der Waals surface area contributed by atoms with Crippen molar-refractivity contribution < 1.29 is 4.74 Å². The van der Waals surface area contributed by atoms with Gasteiger partial charge in [0, 0.05) is 18.5 Å². The zero-order chi connectivity index (χ0) is 15.4. The van der Waals surface area contributed by atoms with Gasteiger partial charge in [0.25, 0.3) is 0 Å². The van der Waals surface area contributed by atoms with Crippen LogP contribution in [-0.2, 0) is 7.05 Å². The Morgan fingerprint density at radius 2 is 1.76 bits per heavy atom. The minimum absolute atomic E-state index is 0.440. The number of hydrogen-bond donors (Lipinski definition) is 1. The summed E-state index contributed by atoms with van der Waals surface area (Å²) >= 11 is 0. The molecule has 0 aliphatic rings. The van der Waals surface area contributed by atoms with Gasteiger partial charge < -0.3 is 10.5 Å². The number of nitrogen functional groups attached to an aromatic ring is 1. The Labute approximate surface area is 126 Å². The molecular formula is C17H25N3O. The van der Waals surface area contributed by atoms with Crippen LogP contribution in [0.2, 0.25) is 0 Å². The molecule has 4 nitrogen and oxygen atoms in total. The van der Waals surface area contributed by atoms with Crippen LogP contribution in [0.3, 0.4) is 0 Å². The van der Waals surface area contributed by atoms with Crippen LogP contribution in [0.5, 0.6) is 5.75 Å². The molecule has 1 aromatic heterocycles. The molecule has 2 aromatic rings. The lowest BCUT2D eigenvalue weighted by molar-refractivity contribution is 0.340. The number of ether oxygens (including phenoxy) is 1. The largest absolute Gasteiger partial charge is 0.494 e. The summed E-state index contributed by atoms with van der Waals surface area (Å²) < 4.78 is 7.28. The van der Waals surface area contributed by atoms with Crippen LogP contribution >= 0.6 is 0 Å². The Hall–Kier alpha value is -1.97. The third-order valence-electron chi connectivity index (χ3n) is 3.94. The minimum atomic E-state index is 0.440. The van der Waals surface area contributed by atoms with Gasteiger partial charge in [0.2, 0.25) is 0 Å². The first-order valence-electron chi connectivity index (χ1n) is 7.67. The molecule has 0 spiro atoms. The lowest BCUT2D eigenvalue weighted by atomic mass is 9.93. The SMILES string of the molecule is CCOc1ccc(-c2c(C(CC)CC)nn(C)c2N)cc1. The number of aryl methyl sites for hydroxylation is 1. The van der Waals surface area contributed by atoms with E-state index in [1.165, 1.54) is 0 Å². The van der Waals surface area contributed by atoms with Gasteiger partial charge in [0.1, 0.15) is 11.6 Å². The molecule has 0 amide bonds. The number of nitrogens with two attached hydrogens (primary N) is 1. The molecule has 1 heterocycles. The van der Waals surface area contributed by atoms with E-state index in [2.05, 4.69) is 31.1 Å². The molecule has 0 aliphatic heterocycles. The first-order valence-corrected chi connectivity index (χ1v) is 7.67. The fraction of sp³-hybridized carbons (Fsp3) is 0.471. The Kier molecular flexibility index (Phi) is 4.89. The molecule has 114 valence electrons. The number of hydrogen-bond acceptors (Lipinski definition) is 3. The fourth-order valence-corrected chi connectivity index (χ4v) is 2.70. The lowest BCUT2D eigenvalue weighted by Crippen LogP contribution is -1.99. The highest BCUT2D eigenvalue weighted by Crippen LogP contribution is 2.36. The van der Waals surface area contributed by atoms with E-state index in [1.54, 1.807) is 4.68 Å². The predicted octanol–water partition coefficient (Wildman–Crippen LogP) is 3.97. The summed E-state index contributed by atoms with van der Waals surface area (Å²) in [6.45, 7) is 7.05. The molecular weight excluding hydrogens is 262 g/mol. The van der Waals surface area contributed by atoms with E-state index >= 15 is 0 Å². The van der Waals surface area contributed by atoms with E-state index in [0.29, 0.717) is 12.5 Å². The molecule has 0 atom stereocenters. The fourth-order valence-electron chi connectivity index (χ4n) is 2.70. The van der Waals surface area contributed by atoms with Crippen molar-refractivity contribution in [1.29, 1.82) is 0 Å². The van der Waals surface area contributed by atoms with E-state index in [-0.39, 0.29) is 0 Å². The maximum absolute atomic E-state index is 6.25. The van der Waals surface area contributed by atoms with Gasteiger partial charge in [-0.05, 0) is 37.5 Å². The number of aromatic nitrogens is 2. The van der Waals surface area contributed by atoms with Gasteiger partial charge in [-0.25, -0.2) is 0 Å². The Morgan fingerprint density at radius 3 is 2.29 bits per heavy atom. The second kappa shape index (κ2) is 6.66. The summed E-state index contributed by atoms with van der Waals surface area (Å²) in [6.07, 6.45) is 2.13. The average molecular weight is 287 g/mol.